The van der Waals surface area contributed by atoms with Gasteiger partial charge in [-0.3, -0.25) is 5.43 Å². The summed E-state index contributed by atoms with van der Waals surface area (Å²) in [5, 5.41) is 8.06. The van der Waals surface area contributed by atoms with Gasteiger partial charge in [-0.1, -0.05) is 29.3 Å². The maximum absolute atomic E-state index is 6.21. The van der Waals surface area contributed by atoms with Crippen LogP contribution in [0.3, 0.4) is 0 Å². The van der Waals surface area contributed by atoms with Crippen LogP contribution in [0.1, 0.15) is 23.7 Å². The van der Waals surface area contributed by atoms with E-state index in [0.29, 0.717) is 28.2 Å². The zero-order valence-corrected chi connectivity index (χ0v) is 17.7. The van der Waals surface area contributed by atoms with Gasteiger partial charge in [-0.25, -0.2) is 4.98 Å². The van der Waals surface area contributed by atoms with Gasteiger partial charge in [0.15, 0.2) is 11.5 Å². The fourth-order valence-electron chi connectivity index (χ4n) is 2.38. The summed E-state index contributed by atoms with van der Waals surface area (Å²) in [4.78, 5) is 4.30. The van der Waals surface area contributed by atoms with Crippen molar-refractivity contribution in [1.82, 2.24) is 4.98 Å². The predicted octanol–water partition coefficient (Wildman–Crippen LogP) is 6.18. The molecule has 0 fully saturated rings. The van der Waals surface area contributed by atoms with Crippen LogP contribution in [0.4, 0.5) is 5.13 Å². The molecule has 0 amide bonds. The lowest BCUT2D eigenvalue weighted by molar-refractivity contribution is 0.269. The number of anilines is 1. The molecule has 3 rings (SSSR count). The summed E-state index contributed by atoms with van der Waals surface area (Å²) in [6, 6.07) is 11.0. The lowest BCUT2D eigenvalue weighted by atomic mass is 10.2. The third-order valence-corrected chi connectivity index (χ3v) is 5.27. The number of hydrogen-bond donors (Lipinski definition) is 1. The fourth-order valence-corrected chi connectivity index (χ4v) is 3.52. The maximum Gasteiger partial charge on any atom is 0.203 e. The third kappa shape index (κ3) is 5.38. The van der Waals surface area contributed by atoms with E-state index >= 15 is 0 Å². The molecular formula is C20H19Cl2N3O2S. The molecule has 146 valence electrons. The van der Waals surface area contributed by atoms with Gasteiger partial charge >= 0.3 is 0 Å². The van der Waals surface area contributed by atoms with Gasteiger partial charge in [-0.2, -0.15) is 5.10 Å². The van der Waals surface area contributed by atoms with Crippen molar-refractivity contribution in [1.29, 1.82) is 0 Å². The first kappa shape index (κ1) is 20.5. The molecule has 1 N–H and O–H groups in total. The normalized spacial score (nSPS) is 11.0. The molecule has 5 nitrogen and oxygen atoms in total. The number of ether oxygens (including phenoxy) is 2. The van der Waals surface area contributed by atoms with Gasteiger partial charge < -0.3 is 9.47 Å². The first-order valence-electron chi connectivity index (χ1n) is 8.60. The minimum atomic E-state index is 0.247. The quantitative estimate of drug-likeness (QED) is 0.338. The fraction of sp³-hybridized carbons (Fsp3) is 0.200. The Morgan fingerprint density at radius 2 is 1.93 bits per heavy atom. The number of aryl methyl sites for hydroxylation is 1. The highest BCUT2D eigenvalue weighted by Gasteiger charge is 2.10. The Hall–Kier alpha value is -2.28. The molecule has 2 aromatic carbocycles. The van der Waals surface area contributed by atoms with Gasteiger partial charge in [0.1, 0.15) is 6.61 Å². The first-order chi connectivity index (χ1) is 13.6. The summed E-state index contributed by atoms with van der Waals surface area (Å²) in [5.74, 6) is 1.23. The first-order valence-corrected chi connectivity index (χ1v) is 10.2. The SMILES string of the molecule is CCOc1cc(C=NNc2nc(C)cs2)ccc1OCc1c(Cl)cccc1Cl. The van der Waals surface area contributed by atoms with E-state index in [4.69, 9.17) is 32.7 Å². The molecule has 3 aromatic rings. The molecule has 0 spiro atoms. The highest BCUT2D eigenvalue weighted by Crippen LogP contribution is 2.31. The number of aromatic nitrogens is 1. The van der Waals surface area contributed by atoms with Crippen molar-refractivity contribution in [2.24, 2.45) is 5.10 Å². The Kier molecular flexibility index (Phi) is 7.14. The summed E-state index contributed by atoms with van der Waals surface area (Å²) in [6.07, 6.45) is 1.70. The van der Waals surface area contributed by atoms with Crippen molar-refractivity contribution in [3.05, 3.63) is 68.6 Å². The topological polar surface area (TPSA) is 55.7 Å². The molecule has 0 saturated heterocycles. The van der Waals surface area contributed by atoms with Crippen LogP contribution in [0, 0.1) is 6.92 Å². The van der Waals surface area contributed by atoms with Crippen molar-refractivity contribution >= 4 is 45.9 Å². The zero-order valence-electron chi connectivity index (χ0n) is 15.4. The van der Waals surface area contributed by atoms with E-state index in [1.165, 1.54) is 11.3 Å². The van der Waals surface area contributed by atoms with E-state index in [1.807, 2.05) is 37.4 Å². The number of benzene rings is 2. The van der Waals surface area contributed by atoms with Crippen molar-refractivity contribution < 1.29 is 9.47 Å². The molecule has 0 atom stereocenters. The molecule has 0 saturated carbocycles. The van der Waals surface area contributed by atoms with Crippen molar-refractivity contribution in [3.63, 3.8) is 0 Å². The van der Waals surface area contributed by atoms with Gasteiger partial charge in [0.05, 0.1) is 18.5 Å². The number of nitrogens with zero attached hydrogens (tertiary/aromatic N) is 2. The van der Waals surface area contributed by atoms with Gasteiger partial charge in [0.25, 0.3) is 0 Å². The number of halogens is 2. The molecule has 0 radical (unpaired) electrons. The molecule has 0 bridgehead atoms. The highest BCUT2D eigenvalue weighted by atomic mass is 35.5. The molecule has 8 heteroatoms. The number of hydrazone groups is 1. The largest absolute Gasteiger partial charge is 0.490 e. The van der Waals surface area contributed by atoms with E-state index in [2.05, 4.69) is 15.5 Å². The Labute approximate surface area is 177 Å². The summed E-state index contributed by atoms with van der Waals surface area (Å²) < 4.78 is 11.6. The van der Waals surface area contributed by atoms with Crippen LogP contribution in [0.15, 0.2) is 46.9 Å². The standard InChI is InChI=1S/C20H19Cl2N3O2S/c1-3-26-19-9-14(10-23-25-20-24-13(2)12-28-20)7-8-18(19)27-11-15-16(21)5-4-6-17(15)22/h4-10,12H,3,11H2,1-2H3,(H,24,25). The van der Waals surface area contributed by atoms with Crippen LogP contribution < -0.4 is 14.9 Å². The van der Waals surface area contributed by atoms with E-state index in [1.54, 1.807) is 24.4 Å². The Morgan fingerprint density at radius 1 is 1.14 bits per heavy atom. The van der Waals surface area contributed by atoms with Gasteiger partial charge in [0.2, 0.25) is 5.13 Å². The summed E-state index contributed by atoms with van der Waals surface area (Å²) >= 11 is 13.9. The molecule has 28 heavy (non-hydrogen) atoms. The average Bonchev–Trinajstić information content (AvgIpc) is 3.08. The average molecular weight is 436 g/mol. The van der Waals surface area contributed by atoms with Crippen LogP contribution >= 0.6 is 34.5 Å². The number of hydrogen-bond acceptors (Lipinski definition) is 6. The Morgan fingerprint density at radius 3 is 2.61 bits per heavy atom. The molecule has 0 unspecified atom stereocenters. The zero-order chi connectivity index (χ0) is 19.9. The second-order valence-electron chi connectivity index (χ2n) is 5.79. The van der Waals surface area contributed by atoms with Crippen LogP contribution in [0.2, 0.25) is 10.0 Å². The Balaban J connectivity index is 1.71. The molecular weight excluding hydrogens is 417 g/mol. The number of rotatable bonds is 8. The third-order valence-electron chi connectivity index (χ3n) is 3.69. The Bertz CT molecular complexity index is 956. The lowest BCUT2D eigenvalue weighted by Gasteiger charge is -2.14. The van der Waals surface area contributed by atoms with Gasteiger partial charge in [-0.15, -0.1) is 11.3 Å². The van der Waals surface area contributed by atoms with Crippen LogP contribution in [-0.4, -0.2) is 17.8 Å². The van der Waals surface area contributed by atoms with Crippen LogP contribution in [-0.2, 0) is 6.61 Å². The molecule has 0 aliphatic carbocycles. The molecule has 0 aliphatic heterocycles. The predicted molar refractivity (Wildman–Crippen MR) is 116 cm³/mol. The molecule has 0 aliphatic rings. The minimum Gasteiger partial charge on any atom is -0.490 e. The van der Waals surface area contributed by atoms with E-state index in [-0.39, 0.29) is 6.61 Å². The van der Waals surface area contributed by atoms with E-state index < -0.39 is 0 Å². The summed E-state index contributed by atoms with van der Waals surface area (Å²) in [5.41, 5.74) is 5.48. The van der Waals surface area contributed by atoms with E-state index in [9.17, 15) is 0 Å². The monoisotopic (exact) mass is 435 g/mol. The highest BCUT2D eigenvalue weighted by molar-refractivity contribution is 7.13. The van der Waals surface area contributed by atoms with Crippen molar-refractivity contribution in [2.45, 2.75) is 20.5 Å². The second kappa shape index (κ2) is 9.78. The number of nitrogens with one attached hydrogen (secondary N) is 1. The summed E-state index contributed by atoms with van der Waals surface area (Å²) in [7, 11) is 0. The lowest BCUT2D eigenvalue weighted by Crippen LogP contribution is -2.01. The summed E-state index contributed by atoms with van der Waals surface area (Å²) in [6.45, 7) is 4.62. The molecule has 1 heterocycles. The smallest absolute Gasteiger partial charge is 0.203 e. The second-order valence-corrected chi connectivity index (χ2v) is 7.46. The van der Waals surface area contributed by atoms with Crippen LogP contribution in [0.25, 0.3) is 0 Å². The van der Waals surface area contributed by atoms with Crippen molar-refractivity contribution in [3.8, 4) is 11.5 Å². The maximum atomic E-state index is 6.21. The minimum absolute atomic E-state index is 0.247. The molecule has 1 aromatic heterocycles. The van der Waals surface area contributed by atoms with E-state index in [0.717, 1.165) is 22.0 Å². The van der Waals surface area contributed by atoms with Gasteiger partial charge in [-0.05, 0) is 49.7 Å². The van der Waals surface area contributed by atoms with Gasteiger partial charge in [0, 0.05) is 21.0 Å². The van der Waals surface area contributed by atoms with Crippen LogP contribution in [0.5, 0.6) is 11.5 Å². The number of thiazole rings is 1. The van der Waals surface area contributed by atoms with Crippen molar-refractivity contribution in [2.75, 3.05) is 12.0 Å².